The highest BCUT2D eigenvalue weighted by Gasteiger charge is 2.44. The largest absolute Gasteiger partial charge is 0.394 e. The average Bonchev–Trinajstić information content (AvgIpc) is 3.17. The Hall–Kier alpha value is -1.78. The van der Waals surface area contributed by atoms with Gasteiger partial charge in [-0.1, -0.05) is 23.8 Å². The van der Waals surface area contributed by atoms with E-state index < -0.39 is 37.3 Å². The molecule has 1 aliphatic heterocycles. The Balaban J connectivity index is 1.51. The number of H-pyrrole nitrogens is 1. The Morgan fingerprint density at radius 1 is 1.27 bits per heavy atom. The smallest absolute Gasteiger partial charge is 0.187 e. The van der Waals surface area contributed by atoms with Gasteiger partial charge in [-0.05, 0) is 37.6 Å². The van der Waals surface area contributed by atoms with Crippen LogP contribution >= 0.6 is 0 Å². The van der Waals surface area contributed by atoms with Crippen molar-refractivity contribution in [3.8, 4) is 0 Å². The molecule has 1 aromatic carbocycles. The molecule has 4 rings (SSSR count). The zero-order valence-corrected chi connectivity index (χ0v) is 17.2. The predicted octanol–water partition coefficient (Wildman–Crippen LogP) is 0.158. The lowest BCUT2D eigenvalue weighted by molar-refractivity contribution is -0.299. The second-order valence-electron chi connectivity index (χ2n) is 8.23. The SMILES string of the molecule is CN[C@@H]1Cc2c[nH]c3cccc(c23)[C@H]1/C=C(\C)CO[C@@H]1O[C@H](CO)[C@H](O)[C@H](O)[C@H]1O. The van der Waals surface area contributed by atoms with E-state index in [1.54, 1.807) is 0 Å². The van der Waals surface area contributed by atoms with Gasteiger partial charge in [0.15, 0.2) is 6.29 Å². The van der Waals surface area contributed by atoms with Crippen LogP contribution < -0.4 is 5.32 Å². The summed E-state index contributed by atoms with van der Waals surface area (Å²) in [6, 6.07) is 6.52. The Morgan fingerprint density at radius 2 is 2.07 bits per heavy atom. The highest BCUT2D eigenvalue weighted by atomic mass is 16.7. The highest BCUT2D eigenvalue weighted by molar-refractivity contribution is 5.88. The van der Waals surface area contributed by atoms with Crippen molar-refractivity contribution in [1.82, 2.24) is 10.3 Å². The topological polar surface area (TPSA) is 127 Å². The number of rotatable bonds is 6. The molecule has 6 N–H and O–H groups in total. The third-order valence-corrected chi connectivity index (χ3v) is 6.21. The van der Waals surface area contributed by atoms with Crippen LogP contribution in [-0.4, -0.2) is 82.4 Å². The van der Waals surface area contributed by atoms with Gasteiger partial charge in [-0.2, -0.15) is 0 Å². The molecule has 0 radical (unpaired) electrons. The van der Waals surface area contributed by atoms with E-state index in [9.17, 15) is 20.4 Å². The van der Waals surface area contributed by atoms with E-state index in [2.05, 4.69) is 40.8 Å². The van der Waals surface area contributed by atoms with Crippen LogP contribution in [0.1, 0.15) is 24.0 Å². The number of likely N-dealkylation sites (N-methyl/N-ethyl adjacent to an activating group) is 1. The lowest BCUT2D eigenvalue weighted by atomic mass is 9.79. The van der Waals surface area contributed by atoms with Gasteiger partial charge in [-0.15, -0.1) is 0 Å². The van der Waals surface area contributed by atoms with Crippen LogP contribution in [0.25, 0.3) is 10.9 Å². The summed E-state index contributed by atoms with van der Waals surface area (Å²) in [5.74, 6) is 0.153. The number of nitrogens with one attached hydrogen (secondary N) is 2. The van der Waals surface area contributed by atoms with Crippen molar-refractivity contribution in [2.24, 2.45) is 0 Å². The molecular weight excluding hydrogens is 388 g/mol. The maximum atomic E-state index is 10.1. The van der Waals surface area contributed by atoms with Crippen molar-refractivity contribution in [2.75, 3.05) is 20.3 Å². The maximum Gasteiger partial charge on any atom is 0.187 e. The summed E-state index contributed by atoms with van der Waals surface area (Å²) in [6.07, 6.45) is -1.19. The van der Waals surface area contributed by atoms with E-state index in [-0.39, 0.29) is 18.6 Å². The number of benzene rings is 1. The summed E-state index contributed by atoms with van der Waals surface area (Å²) in [4.78, 5) is 3.35. The zero-order chi connectivity index (χ0) is 21.4. The molecule has 1 saturated heterocycles. The van der Waals surface area contributed by atoms with Crippen molar-refractivity contribution >= 4 is 10.9 Å². The summed E-state index contributed by atoms with van der Waals surface area (Å²) in [5, 5.41) is 44.0. The molecule has 0 unspecified atom stereocenters. The van der Waals surface area contributed by atoms with Gasteiger partial charge in [0.2, 0.25) is 0 Å². The molecule has 2 aromatic rings. The molecule has 1 fully saturated rings. The molecule has 7 atom stereocenters. The number of aliphatic hydroxyl groups excluding tert-OH is 4. The fraction of sp³-hybridized carbons (Fsp3) is 0.545. The predicted molar refractivity (Wildman–Crippen MR) is 111 cm³/mol. The van der Waals surface area contributed by atoms with Gasteiger partial charge in [0.1, 0.15) is 24.4 Å². The first kappa shape index (κ1) is 21.5. The second kappa shape index (κ2) is 8.76. The summed E-state index contributed by atoms with van der Waals surface area (Å²) in [6.45, 7) is 1.66. The summed E-state index contributed by atoms with van der Waals surface area (Å²) < 4.78 is 11.1. The quantitative estimate of drug-likeness (QED) is 0.369. The van der Waals surface area contributed by atoms with Gasteiger partial charge in [-0.3, -0.25) is 0 Å². The van der Waals surface area contributed by atoms with E-state index in [0.29, 0.717) is 0 Å². The van der Waals surface area contributed by atoms with E-state index in [1.165, 1.54) is 16.5 Å². The molecule has 0 bridgehead atoms. The van der Waals surface area contributed by atoms with Gasteiger partial charge in [0, 0.05) is 29.1 Å². The van der Waals surface area contributed by atoms with E-state index in [4.69, 9.17) is 9.47 Å². The first-order chi connectivity index (χ1) is 14.4. The number of ether oxygens (including phenoxy) is 2. The van der Waals surface area contributed by atoms with Crippen LogP contribution in [0.15, 0.2) is 36.0 Å². The van der Waals surface area contributed by atoms with Gasteiger partial charge >= 0.3 is 0 Å². The standard InChI is InChI=1S/C22H30N2O6/c1-11(10-29-22-21(28)20(27)19(26)17(9-25)30-22)6-14-13-4-3-5-15-18(13)12(8-24-15)7-16(14)23-2/h3-6,8,14,16-17,19-28H,7,9-10H2,1-2H3/b11-6+/t14-,16-,17-,19+,20+,21-,22-/m1/s1. The van der Waals surface area contributed by atoms with E-state index in [1.807, 2.05) is 14.0 Å². The molecule has 0 amide bonds. The molecule has 2 heterocycles. The summed E-state index contributed by atoms with van der Waals surface area (Å²) in [5.41, 5.74) is 4.64. The molecule has 8 heteroatoms. The average molecular weight is 418 g/mol. The Kier molecular flexibility index (Phi) is 6.26. The van der Waals surface area contributed by atoms with Crippen LogP contribution in [0.4, 0.5) is 0 Å². The minimum Gasteiger partial charge on any atom is -0.394 e. The fourth-order valence-electron chi connectivity index (χ4n) is 4.57. The van der Waals surface area contributed by atoms with Crippen molar-refractivity contribution in [3.05, 3.63) is 47.2 Å². The first-order valence-electron chi connectivity index (χ1n) is 10.3. The van der Waals surface area contributed by atoms with Crippen molar-refractivity contribution in [2.45, 2.75) is 56.0 Å². The number of aliphatic hydroxyl groups is 4. The Morgan fingerprint density at radius 3 is 2.80 bits per heavy atom. The highest BCUT2D eigenvalue weighted by Crippen LogP contribution is 2.38. The molecule has 8 nitrogen and oxygen atoms in total. The van der Waals surface area contributed by atoms with E-state index >= 15 is 0 Å². The maximum absolute atomic E-state index is 10.1. The van der Waals surface area contributed by atoms with Gasteiger partial charge in [0.05, 0.1) is 13.2 Å². The molecule has 30 heavy (non-hydrogen) atoms. The van der Waals surface area contributed by atoms with Crippen molar-refractivity contribution < 1.29 is 29.9 Å². The normalized spacial score (nSPS) is 34.5. The lowest BCUT2D eigenvalue weighted by Crippen LogP contribution is -2.59. The molecule has 164 valence electrons. The van der Waals surface area contributed by atoms with Crippen molar-refractivity contribution in [3.63, 3.8) is 0 Å². The molecule has 0 spiro atoms. The molecular formula is C22H30N2O6. The lowest BCUT2D eigenvalue weighted by Gasteiger charge is -2.39. The number of aromatic amines is 1. The minimum absolute atomic E-state index is 0.153. The summed E-state index contributed by atoms with van der Waals surface area (Å²) in [7, 11) is 1.96. The fourth-order valence-corrected chi connectivity index (χ4v) is 4.57. The molecule has 2 aliphatic rings. The van der Waals surface area contributed by atoms with Gasteiger partial charge < -0.3 is 40.2 Å². The van der Waals surface area contributed by atoms with Crippen molar-refractivity contribution in [1.29, 1.82) is 0 Å². The zero-order valence-electron chi connectivity index (χ0n) is 17.2. The number of aromatic nitrogens is 1. The molecule has 1 aromatic heterocycles. The van der Waals surface area contributed by atoms with Gasteiger partial charge in [-0.25, -0.2) is 0 Å². The van der Waals surface area contributed by atoms with Gasteiger partial charge in [0.25, 0.3) is 0 Å². The monoisotopic (exact) mass is 418 g/mol. The third kappa shape index (κ3) is 3.80. The summed E-state index contributed by atoms with van der Waals surface area (Å²) >= 11 is 0. The second-order valence-corrected chi connectivity index (χ2v) is 8.23. The molecule has 1 aliphatic carbocycles. The van der Waals surface area contributed by atoms with Crippen LogP contribution in [0.2, 0.25) is 0 Å². The molecule has 0 saturated carbocycles. The van der Waals surface area contributed by atoms with Crippen LogP contribution in [0.5, 0.6) is 0 Å². The first-order valence-corrected chi connectivity index (χ1v) is 10.3. The number of hydrogen-bond acceptors (Lipinski definition) is 7. The van der Waals surface area contributed by atoms with E-state index in [0.717, 1.165) is 17.5 Å². The Bertz CT molecular complexity index is 910. The Labute approximate surface area is 175 Å². The number of hydrogen-bond donors (Lipinski definition) is 6. The van der Waals surface area contributed by atoms with Crippen LogP contribution in [0.3, 0.4) is 0 Å². The van der Waals surface area contributed by atoms with Crippen LogP contribution in [0, 0.1) is 0 Å². The third-order valence-electron chi connectivity index (χ3n) is 6.21. The van der Waals surface area contributed by atoms with Crippen LogP contribution in [-0.2, 0) is 15.9 Å². The minimum atomic E-state index is -1.44.